The minimum absolute atomic E-state index is 0.0123. The van der Waals surface area contributed by atoms with Gasteiger partial charge in [0.25, 0.3) is 0 Å². The molecule has 3 N–H and O–H groups in total. The zero-order valence-corrected chi connectivity index (χ0v) is 21.3. The van der Waals surface area contributed by atoms with Crippen molar-refractivity contribution in [1.29, 1.82) is 0 Å². The maximum absolute atomic E-state index is 11.6. The number of alkyl carbamates (subject to hydrolysis) is 1. The zero-order valence-electron chi connectivity index (χ0n) is 21.3. The van der Waals surface area contributed by atoms with Gasteiger partial charge in [-0.15, -0.1) is 0 Å². The van der Waals surface area contributed by atoms with Gasteiger partial charge in [0.1, 0.15) is 6.61 Å². The summed E-state index contributed by atoms with van der Waals surface area (Å²) < 4.78 is 32.1. The second-order valence-electron chi connectivity index (χ2n) is 7.65. The van der Waals surface area contributed by atoms with Crippen LogP contribution < -0.4 is 10.6 Å². The number of aliphatic carboxylic acids is 1. The molecular formula is C25H40N2O10. The average molecular weight is 529 g/mol. The highest BCUT2D eigenvalue weighted by Crippen LogP contribution is 2.00. The maximum atomic E-state index is 11.6. The number of amides is 2. The van der Waals surface area contributed by atoms with Crippen molar-refractivity contribution in [1.82, 2.24) is 10.6 Å². The number of ether oxygens (including phenoxy) is 6. The molecule has 0 saturated heterocycles. The predicted molar refractivity (Wildman–Crippen MR) is 133 cm³/mol. The number of carbonyl (C=O) groups excluding carboxylic acids is 2. The van der Waals surface area contributed by atoms with Crippen molar-refractivity contribution >= 4 is 18.0 Å². The van der Waals surface area contributed by atoms with E-state index in [0.29, 0.717) is 85.6 Å². The van der Waals surface area contributed by atoms with Gasteiger partial charge in [0.2, 0.25) is 5.91 Å². The summed E-state index contributed by atoms with van der Waals surface area (Å²) in [4.78, 5) is 33.3. The predicted octanol–water partition coefficient (Wildman–Crippen LogP) is 1.37. The second kappa shape index (κ2) is 23.6. The normalized spacial score (nSPS) is 10.7. The molecule has 0 aromatic heterocycles. The monoisotopic (exact) mass is 528 g/mol. The summed E-state index contributed by atoms with van der Waals surface area (Å²) in [7, 11) is 0. The Hall–Kier alpha value is -2.77. The standard InChI is InChI=1S/C25H40N2O10/c28-23(7-8-24(29)30)26-9-4-11-32-13-15-34-17-19-36-20-18-35-16-14-33-12-10-27-25(31)37-21-22-5-2-1-3-6-22/h1-3,5-6H,4,7-21H2,(H,26,28)(H,27,31)(H,29,30). The molecule has 0 atom stereocenters. The Morgan fingerprint density at radius 2 is 1.19 bits per heavy atom. The largest absolute Gasteiger partial charge is 0.481 e. The van der Waals surface area contributed by atoms with Crippen LogP contribution in [0.15, 0.2) is 30.3 Å². The Labute approximate surface area is 217 Å². The Morgan fingerprint density at radius 3 is 1.76 bits per heavy atom. The molecule has 0 bridgehead atoms. The fourth-order valence-electron chi connectivity index (χ4n) is 2.69. The van der Waals surface area contributed by atoms with Crippen molar-refractivity contribution in [2.24, 2.45) is 0 Å². The van der Waals surface area contributed by atoms with Gasteiger partial charge in [0, 0.05) is 26.1 Å². The van der Waals surface area contributed by atoms with Crippen LogP contribution in [0.1, 0.15) is 24.8 Å². The quantitative estimate of drug-likeness (QED) is 0.168. The highest BCUT2D eigenvalue weighted by molar-refractivity contribution is 5.80. The van der Waals surface area contributed by atoms with Crippen LogP contribution >= 0.6 is 0 Å². The average Bonchev–Trinajstić information content (AvgIpc) is 2.90. The van der Waals surface area contributed by atoms with Gasteiger partial charge in [-0.25, -0.2) is 4.79 Å². The second-order valence-corrected chi connectivity index (χ2v) is 7.65. The number of hydrogen-bond acceptors (Lipinski definition) is 9. The van der Waals surface area contributed by atoms with Gasteiger partial charge in [0.15, 0.2) is 0 Å². The summed E-state index contributed by atoms with van der Waals surface area (Å²) in [5.41, 5.74) is 0.929. The molecule has 37 heavy (non-hydrogen) atoms. The number of benzene rings is 1. The van der Waals surface area contributed by atoms with Gasteiger partial charge in [-0.3, -0.25) is 9.59 Å². The van der Waals surface area contributed by atoms with E-state index in [2.05, 4.69) is 10.6 Å². The fraction of sp³-hybridized carbons (Fsp3) is 0.640. The van der Waals surface area contributed by atoms with E-state index in [1.807, 2.05) is 30.3 Å². The third-order valence-corrected chi connectivity index (χ3v) is 4.57. The molecule has 1 aromatic rings. The van der Waals surface area contributed by atoms with Crippen LogP contribution in [0.5, 0.6) is 0 Å². The summed E-state index contributed by atoms with van der Waals surface area (Å²) in [6, 6.07) is 9.46. The van der Waals surface area contributed by atoms with Crippen LogP contribution in [0.2, 0.25) is 0 Å². The molecule has 1 rings (SSSR count). The molecule has 0 radical (unpaired) electrons. The van der Waals surface area contributed by atoms with E-state index < -0.39 is 12.1 Å². The van der Waals surface area contributed by atoms with Gasteiger partial charge in [-0.05, 0) is 12.0 Å². The lowest BCUT2D eigenvalue weighted by Gasteiger charge is -2.09. The van der Waals surface area contributed by atoms with Crippen molar-refractivity contribution in [3.63, 3.8) is 0 Å². The van der Waals surface area contributed by atoms with Gasteiger partial charge in [-0.2, -0.15) is 0 Å². The first-order chi connectivity index (χ1) is 18.1. The van der Waals surface area contributed by atoms with Crippen LogP contribution in [0.4, 0.5) is 4.79 Å². The third kappa shape index (κ3) is 22.2. The van der Waals surface area contributed by atoms with E-state index in [-0.39, 0.29) is 25.4 Å². The Kier molecular flexibility index (Phi) is 20.6. The van der Waals surface area contributed by atoms with Gasteiger partial charge in [-0.1, -0.05) is 30.3 Å². The molecule has 0 aliphatic carbocycles. The molecule has 2 amide bonds. The summed E-state index contributed by atoms with van der Waals surface area (Å²) in [5.74, 6) is -1.26. The molecule has 0 aliphatic heterocycles. The molecule has 0 fully saturated rings. The van der Waals surface area contributed by atoms with E-state index in [9.17, 15) is 14.4 Å². The van der Waals surface area contributed by atoms with E-state index >= 15 is 0 Å². The van der Waals surface area contributed by atoms with Crippen molar-refractivity contribution < 1.29 is 47.9 Å². The van der Waals surface area contributed by atoms with Gasteiger partial charge >= 0.3 is 12.1 Å². The summed E-state index contributed by atoms with van der Waals surface area (Å²) in [5, 5.41) is 13.8. The number of carboxylic acid groups (broad SMARTS) is 1. The minimum atomic E-state index is -0.985. The smallest absolute Gasteiger partial charge is 0.407 e. The summed E-state index contributed by atoms with van der Waals surface area (Å²) in [6.07, 6.45) is -0.0104. The van der Waals surface area contributed by atoms with Crippen LogP contribution in [-0.4, -0.2) is 102 Å². The number of carbonyl (C=O) groups is 3. The zero-order chi connectivity index (χ0) is 26.8. The minimum Gasteiger partial charge on any atom is -0.481 e. The van der Waals surface area contributed by atoms with Crippen molar-refractivity contribution in [2.45, 2.75) is 25.9 Å². The Morgan fingerprint density at radius 1 is 0.649 bits per heavy atom. The van der Waals surface area contributed by atoms with Crippen LogP contribution in [-0.2, 0) is 44.6 Å². The van der Waals surface area contributed by atoms with E-state index in [4.69, 9.17) is 33.5 Å². The number of hydrogen-bond donors (Lipinski definition) is 3. The molecule has 0 aliphatic rings. The molecule has 0 spiro atoms. The molecule has 0 unspecified atom stereocenters. The highest BCUT2D eigenvalue weighted by atomic mass is 16.6. The van der Waals surface area contributed by atoms with E-state index in [1.54, 1.807) is 0 Å². The van der Waals surface area contributed by atoms with Crippen molar-refractivity contribution in [3.05, 3.63) is 35.9 Å². The SMILES string of the molecule is O=C(O)CCC(=O)NCCCOCCOCCOCCOCCOCCNC(=O)OCc1ccccc1. The lowest BCUT2D eigenvalue weighted by molar-refractivity contribution is -0.138. The first-order valence-corrected chi connectivity index (χ1v) is 12.4. The number of carboxylic acids is 1. The van der Waals surface area contributed by atoms with Crippen molar-refractivity contribution in [3.8, 4) is 0 Å². The van der Waals surface area contributed by atoms with Crippen molar-refractivity contribution in [2.75, 3.05) is 79.2 Å². The summed E-state index contributed by atoms with van der Waals surface area (Å²) in [6.45, 7) is 5.43. The highest BCUT2D eigenvalue weighted by Gasteiger charge is 2.04. The van der Waals surface area contributed by atoms with Gasteiger partial charge in [0.05, 0.1) is 65.9 Å². The molecule has 0 saturated carbocycles. The van der Waals surface area contributed by atoms with Crippen LogP contribution in [0.3, 0.4) is 0 Å². The number of nitrogens with one attached hydrogen (secondary N) is 2. The van der Waals surface area contributed by atoms with E-state index in [0.717, 1.165) is 5.56 Å². The Bertz CT molecular complexity index is 721. The topological polar surface area (TPSA) is 151 Å². The van der Waals surface area contributed by atoms with Crippen LogP contribution in [0, 0.1) is 0 Å². The van der Waals surface area contributed by atoms with Crippen LogP contribution in [0.25, 0.3) is 0 Å². The van der Waals surface area contributed by atoms with E-state index in [1.165, 1.54) is 0 Å². The Balaban J connectivity index is 1.71. The maximum Gasteiger partial charge on any atom is 0.407 e. The first-order valence-electron chi connectivity index (χ1n) is 12.4. The van der Waals surface area contributed by atoms with Gasteiger partial charge < -0.3 is 44.2 Å². The first kappa shape index (κ1) is 32.3. The molecule has 1 aromatic carbocycles. The lowest BCUT2D eigenvalue weighted by atomic mass is 10.2. The third-order valence-electron chi connectivity index (χ3n) is 4.57. The lowest BCUT2D eigenvalue weighted by Crippen LogP contribution is -2.28. The molecule has 0 heterocycles. The molecule has 12 heteroatoms. The fourth-order valence-corrected chi connectivity index (χ4v) is 2.69. The number of rotatable bonds is 24. The summed E-state index contributed by atoms with van der Waals surface area (Å²) >= 11 is 0. The molecule has 12 nitrogen and oxygen atoms in total. The molecular weight excluding hydrogens is 488 g/mol. The molecule has 210 valence electrons.